The molecular formula is C25H33NO4. The topological polar surface area (TPSA) is 64.6 Å². The van der Waals surface area contributed by atoms with Gasteiger partial charge in [0, 0.05) is 5.69 Å². The van der Waals surface area contributed by atoms with E-state index in [9.17, 15) is 9.59 Å². The van der Waals surface area contributed by atoms with Gasteiger partial charge in [-0.1, -0.05) is 43.9 Å². The molecule has 30 heavy (non-hydrogen) atoms. The molecule has 0 unspecified atom stereocenters. The zero-order valence-electron chi connectivity index (χ0n) is 18.7. The van der Waals surface area contributed by atoms with E-state index in [0.717, 1.165) is 41.0 Å². The zero-order chi connectivity index (χ0) is 22.1. The third-order valence-corrected chi connectivity index (χ3v) is 4.93. The third kappa shape index (κ3) is 6.90. The van der Waals surface area contributed by atoms with E-state index in [1.54, 1.807) is 31.2 Å². The van der Waals surface area contributed by atoms with Crippen LogP contribution >= 0.6 is 0 Å². The highest BCUT2D eigenvalue weighted by Crippen LogP contribution is 2.22. The second-order valence-corrected chi connectivity index (χ2v) is 7.74. The van der Waals surface area contributed by atoms with E-state index in [2.05, 4.69) is 12.2 Å². The summed E-state index contributed by atoms with van der Waals surface area (Å²) in [5.41, 5.74) is 4.23. The van der Waals surface area contributed by atoms with Crippen molar-refractivity contribution in [3.05, 3.63) is 58.7 Å². The number of unbranched alkanes of at least 4 members (excludes halogenated alkanes) is 3. The number of rotatable bonds is 10. The predicted molar refractivity (Wildman–Crippen MR) is 120 cm³/mol. The number of ether oxygens (including phenoxy) is 2. The molecule has 0 aliphatic rings. The first-order valence-corrected chi connectivity index (χ1v) is 10.6. The van der Waals surface area contributed by atoms with Gasteiger partial charge in [-0.25, -0.2) is 4.79 Å². The lowest BCUT2D eigenvalue weighted by Crippen LogP contribution is -2.30. The fourth-order valence-corrected chi connectivity index (χ4v) is 3.29. The Labute approximate surface area is 179 Å². The summed E-state index contributed by atoms with van der Waals surface area (Å²) in [5.74, 6) is -0.172. The van der Waals surface area contributed by atoms with Crippen molar-refractivity contribution < 1.29 is 19.1 Å². The fraction of sp³-hybridized carbons (Fsp3) is 0.440. The van der Waals surface area contributed by atoms with Gasteiger partial charge < -0.3 is 14.8 Å². The molecule has 1 amide bonds. The zero-order valence-corrected chi connectivity index (χ0v) is 18.7. The van der Waals surface area contributed by atoms with Crippen LogP contribution in [-0.2, 0) is 9.53 Å². The van der Waals surface area contributed by atoms with E-state index in [0.29, 0.717) is 12.2 Å². The first kappa shape index (κ1) is 23.5. The molecule has 0 spiro atoms. The summed E-state index contributed by atoms with van der Waals surface area (Å²) < 4.78 is 11.0. The lowest BCUT2D eigenvalue weighted by atomic mass is 10.0. The molecule has 162 valence electrons. The third-order valence-electron chi connectivity index (χ3n) is 4.93. The van der Waals surface area contributed by atoms with E-state index in [1.165, 1.54) is 12.8 Å². The molecule has 0 saturated carbocycles. The number of carbonyl (C=O) groups is 2. The van der Waals surface area contributed by atoms with Gasteiger partial charge in [0.15, 0.2) is 6.10 Å². The average Bonchev–Trinajstić information content (AvgIpc) is 2.70. The van der Waals surface area contributed by atoms with Crippen molar-refractivity contribution in [2.75, 3.05) is 11.9 Å². The van der Waals surface area contributed by atoms with Crippen molar-refractivity contribution >= 4 is 17.6 Å². The number of amides is 1. The maximum absolute atomic E-state index is 12.5. The molecule has 0 heterocycles. The lowest BCUT2D eigenvalue weighted by Gasteiger charge is -2.17. The second kappa shape index (κ2) is 11.4. The monoisotopic (exact) mass is 411 g/mol. The van der Waals surface area contributed by atoms with Gasteiger partial charge >= 0.3 is 5.97 Å². The minimum absolute atomic E-state index is 0.356. The van der Waals surface area contributed by atoms with Gasteiger partial charge in [0.2, 0.25) is 0 Å². The van der Waals surface area contributed by atoms with E-state index < -0.39 is 12.1 Å². The van der Waals surface area contributed by atoms with Crippen molar-refractivity contribution in [1.29, 1.82) is 0 Å². The van der Waals surface area contributed by atoms with Crippen LogP contribution in [0.3, 0.4) is 0 Å². The summed E-state index contributed by atoms with van der Waals surface area (Å²) in [5, 5.41) is 2.87. The van der Waals surface area contributed by atoms with Gasteiger partial charge in [-0.05, 0) is 69.5 Å². The minimum atomic E-state index is -0.910. The number of aryl methyl sites for hydroxylation is 3. The summed E-state index contributed by atoms with van der Waals surface area (Å²) in [7, 11) is 0. The standard InChI is InChI=1S/C25H33NO4/c1-6-7-8-9-14-29-22-12-10-21(11-13-22)25(28)30-20(5)24(27)26-23-18(3)15-17(2)16-19(23)4/h10-13,15-16,20H,6-9,14H2,1-5H3,(H,26,27)/t20-/m0/s1. The maximum atomic E-state index is 12.5. The van der Waals surface area contributed by atoms with Crippen LogP contribution in [0.2, 0.25) is 0 Å². The largest absolute Gasteiger partial charge is 0.494 e. The molecule has 2 aromatic carbocycles. The first-order valence-electron chi connectivity index (χ1n) is 10.6. The summed E-state index contributed by atoms with van der Waals surface area (Å²) in [6.45, 7) is 10.3. The van der Waals surface area contributed by atoms with Gasteiger partial charge in [-0.3, -0.25) is 4.79 Å². The number of hydrogen-bond acceptors (Lipinski definition) is 4. The minimum Gasteiger partial charge on any atom is -0.494 e. The predicted octanol–water partition coefficient (Wildman–Crippen LogP) is 5.75. The smallest absolute Gasteiger partial charge is 0.338 e. The molecule has 0 aliphatic heterocycles. The number of nitrogens with one attached hydrogen (secondary N) is 1. The Morgan fingerprint density at radius 3 is 2.20 bits per heavy atom. The van der Waals surface area contributed by atoms with Crippen LogP contribution in [0.15, 0.2) is 36.4 Å². The van der Waals surface area contributed by atoms with E-state index in [1.807, 2.05) is 32.9 Å². The van der Waals surface area contributed by atoms with Gasteiger partial charge in [0.1, 0.15) is 5.75 Å². The normalized spacial score (nSPS) is 11.6. The molecule has 5 heteroatoms. The van der Waals surface area contributed by atoms with Gasteiger partial charge in [0.05, 0.1) is 12.2 Å². The summed E-state index contributed by atoms with van der Waals surface area (Å²) in [4.78, 5) is 24.9. The Bertz CT molecular complexity index is 835. The fourth-order valence-electron chi connectivity index (χ4n) is 3.29. The highest BCUT2D eigenvalue weighted by molar-refractivity contribution is 5.98. The molecule has 0 radical (unpaired) electrons. The van der Waals surface area contributed by atoms with Crippen LogP contribution < -0.4 is 10.1 Å². The molecule has 0 aromatic heterocycles. The molecule has 0 saturated heterocycles. The Morgan fingerprint density at radius 2 is 1.60 bits per heavy atom. The van der Waals surface area contributed by atoms with Gasteiger partial charge in [-0.2, -0.15) is 0 Å². The highest BCUT2D eigenvalue weighted by Gasteiger charge is 2.20. The van der Waals surface area contributed by atoms with Crippen LogP contribution in [-0.4, -0.2) is 24.6 Å². The van der Waals surface area contributed by atoms with Gasteiger partial charge in [0.25, 0.3) is 5.91 Å². The average molecular weight is 412 g/mol. The summed E-state index contributed by atoms with van der Waals surface area (Å²) >= 11 is 0. The number of esters is 1. The highest BCUT2D eigenvalue weighted by atomic mass is 16.5. The summed E-state index contributed by atoms with van der Waals surface area (Å²) in [6.07, 6.45) is 3.67. The molecule has 2 aromatic rings. The van der Waals surface area contributed by atoms with Gasteiger partial charge in [-0.15, -0.1) is 0 Å². The molecule has 1 N–H and O–H groups in total. The van der Waals surface area contributed by atoms with E-state index in [4.69, 9.17) is 9.47 Å². The van der Waals surface area contributed by atoms with Crippen LogP contribution in [0, 0.1) is 20.8 Å². The number of hydrogen-bond donors (Lipinski definition) is 1. The van der Waals surface area contributed by atoms with Crippen molar-refractivity contribution in [2.24, 2.45) is 0 Å². The van der Waals surface area contributed by atoms with Crippen molar-refractivity contribution in [3.8, 4) is 5.75 Å². The number of carbonyl (C=O) groups excluding carboxylic acids is 2. The molecule has 2 rings (SSSR count). The van der Waals surface area contributed by atoms with Crippen LogP contribution in [0.4, 0.5) is 5.69 Å². The number of anilines is 1. The SMILES string of the molecule is CCCCCCOc1ccc(C(=O)O[C@@H](C)C(=O)Nc2c(C)cc(C)cc2C)cc1. The van der Waals surface area contributed by atoms with Crippen molar-refractivity contribution in [1.82, 2.24) is 0 Å². The first-order chi connectivity index (χ1) is 14.3. The Balaban J connectivity index is 1.88. The maximum Gasteiger partial charge on any atom is 0.338 e. The van der Waals surface area contributed by atoms with Crippen LogP contribution in [0.1, 0.15) is 66.6 Å². The Morgan fingerprint density at radius 1 is 0.967 bits per heavy atom. The Hall–Kier alpha value is -2.82. The number of benzene rings is 2. The lowest BCUT2D eigenvalue weighted by molar-refractivity contribution is -0.123. The van der Waals surface area contributed by atoms with Crippen LogP contribution in [0.25, 0.3) is 0 Å². The van der Waals surface area contributed by atoms with Crippen LogP contribution in [0.5, 0.6) is 5.75 Å². The molecule has 1 atom stereocenters. The molecule has 0 aliphatic carbocycles. The summed E-state index contributed by atoms with van der Waals surface area (Å²) in [6, 6.07) is 10.8. The van der Waals surface area contributed by atoms with E-state index >= 15 is 0 Å². The van der Waals surface area contributed by atoms with E-state index in [-0.39, 0.29) is 5.91 Å². The van der Waals surface area contributed by atoms with Crippen molar-refractivity contribution in [3.63, 3.8) is 0 Å². The molecular weight excluding hydrogens is 378 g/mol. The quantitative estimate of drug-likeness (QED) is 0.399. The Kier molecular flexibility index (Phi) is 8.90. The molecule has 0 bridgehead atoms. The second-order valence-electron chi connectivity index (χ2n) is 7.74. The molecule has 5 nitrogen and oxygen atoms in total. The molecule has 0 fully saturated rings. The van der Waals surface area contributed by atoms with Crippen molar-refractivity contribution in [2.45, 2.75) is 66.4 Å².